The lowest BCUT2D eigenvalue weighted by atomic mass is 10.1. The molecule has 1 aliphatic rings. The summed E-state index contributed by atoms with van der Waals surface area (Å²) in [5.74, 6) is 0.476. The van der Waals surface area contributed by atoms with Gasteiger partial charge >= 0.3 is 12.2 Å². The largest absolute Gasteiger partial charge is 0.491 e. The average Bonchev–Trinajstić information content (AvgIpc) is 3.05. The molecule has 0 saturated carbocycles. The minimum atomic E-state index is -4.59. The van der Waals surface area contributed by atoms with Gasteiger partial charge in [0.2, 0.25) is 5.91 Å². The van der Waals surface area contributed by atoms with Crippen LogP contribution in [0.1, 0.15) is 29.2 Å². The monoisotopic (exact) mass is 497 g/mol. The normalized spacial score (nSPS) is 13.3. The molecular weight excluding hydrogens is 471 g/mol. The highest BCUT2D eigenvalue weighted by Crippen LogP contribution is 2.35. The van der Waals surface area contributed by atoms with Gasteiger partial charge in [0.15, 0.2) is 0 Å². The summed E-state index contributed by atoms with van der Waals surface area (Å²) in [6, 6.07) is 17.4. The number of hydrogen-bond acceptors (Lipinski definition) is 3. The van der Waals surface area contributed by atoms with Gasteiger partial charge in [0.05, 0.1) is 30.9 Å². The maximum atomic E-state index is 13.3. The second-order valence-corrected chi connectivity index (χ2v) is 8.63. The van der Waals surface area contributed by atoms with E-state index in [0.29, 0.717) is 17.9 Å². The van der Waals surface area contributed by atoms with Crippen LogP contribution in [0.25, 0.3) is 0 Å². The standard InChI is InChI=1S/C27H26F3N3O3/c1-18-7-10-22(11-8-18)33(19(2)34)16-20-9-12-25-21(15-20)17-32(13-14-36-25)26(35)31-24-6-4-3-5-23(24)27(28,29)30/h3-12,15H,13-14,16-17H2,1-2H3,(H,31,35). The van der Waals surface area contributed by atoms with Crippen LogP contribution in [0, 0.1) is 6.92 Å². The summed E-state index contributed by atoms with van der Waals surface area (Å²) >= 11 is 0. The van der Waals surface area contributed by atoms with Crippen LogP contribution in [-0.4, -0.2) is 30.0 Å². The van der Waals surface area contributed by atoms with Gasteiger partial charge in [-0.2, -0.15) is 13.2 Å². The summed E-state index contributed by atoms with van der Waals surface area (Å²) in [6.07, 6.45) is -4.59. The topological polar surface area (TPSA) is 61.9 Å². The van der Waals surface area contributed by atoms with Gasteiger partial charge in [-0.25, -0.2) is 4.79 Å². The molecule has 0 aromatic heterocycles. The highest BCUT2D eigenvalue weighted by molar-refractivity contribution is 5.91. The number of benzene rings is 3. The molecule has 0 saturated heterocycles. The number of ether oxygens (including phenoxy) is 1. The van der Waals surface area contributed by atoms with Gasteiger partial charge < -0.3 is 19.9 Å². The van der Waals surface area contributed by atoms with Crippen LogP contribution < -0.4 is 15.0 Å². The minimum absolute atomic E-state index is 0.116. The van der Waals surface area contributed by atoms with Crippen LogP contribution in [0.2, 0.25) is 0 Å². The van der Waals surface area contributed by atoms with Crippen molar-refractivity contribution in [1.29, 1.82) is 0 Å². The number of halogens is 3. The van der Waals surface area contributed by atoms with Crippen molar-refractivity contribution in [3.05, 3.63) is 89.0 Å². The SMILES string of the molecule is CC(=O)N(Cc1ccc2c(c1)CN(C(=O)Nc1ccccc1C(F)(F)F)CCO2)c1ccc(C)cc1. The Morgan fingerprint density at radius 2 is 1.78 bits per heavy atom. The van der Waals surface area contributed by atoms with E-state index in [9.17, 15) is 22.8 Å². The number of rotatable bonds is 4. The van der Waals surface area contributed by atoms with E-state index in [0.717, 1.165) is 22.9 Å². The summed E-state index contributed by atoms with van der Waals surface area (Å²) in [4.78, 5) is 28.3. The Morgan fingerprint density at radius 3 is 2.47 bits per heavy atom. The second kappa shape index (κ2) is 10.3. The van der Waals surface area contributed by atoms with Gasteiger partial charge in [0.25, 0.3) is 0 Å². The Hall–Kier alpha value is -4.01. The number of carbonyl (C=O) groups is 2. The van der Waals surface area contributed by atoms with Gasteiger partial charge in [-0.3, -0.25) is 4.79 Å². The quantitative estimate of drug-likeness (QED) is 0.482. The number of alkyl halides is 3. The fourth-order valence-electron chi connectivity index (χ4n) is 4.04. The Bertz CT molecular complexity index is 1260. The summed E-state index contributed by atoms with van der Waals surface area (Å²) in [5, 5.41) is 2.39. The van der Waals surface area contributed by atoms with Crippen LogP contribution in [0.3, 0.4) is 0 Å². The summed E-state index contributed by atoms with van der Waals surface area (Å²) < 4.78 is 45.8. The van der Waals surface area contributed by atoms with Crippen molar-refractivity contribution in [2.24, 2.45) is 0 Å². The fourth-order valence-corrected chi connectivity index (χ4v) is 4.04. The Labute approximate surface area is 207 Å². The van der Waals surface area contributed by atoms with Crippen LogP contribution >= 0.6 is 0 Å². The van der Waals surface area contributed by atoms with Crippen molar-refractivity contribution in [2.45, 2.75) is 33.1 Å². The van der Waals surface area contributed by atoms with Gasteiger partial charge in [-0.15, -0.1) is 0 Å². The molecule has 3 aromatic carbocycles. The van der Waals surface area contributed by atoms with E-state index in [1.807, 2.05) is 43.3 Å². The zero-order valence-corrected chi connectivity index (χ0v) is 19.9. The smallest absolute Gasteiger partial charge is 0.418 e. The van der Waals surface area contributed by atoms with E-state index in [4.69, 9.17) is 4.74 Å². The van der Waals surface area contributed by atoms with E-state index < -0.39 is 17.8 Å². The first kappa shape index (κ1) is 25.1. The first-order chi connectivity index (χ1) is 17.1. The maximum Gasteiger partial charge on any atom is 0.418 e. The number of fused-ring (bicyclic) bond motifs is 1. The van der Waals surface area contributed by atoms with Crippen molar-refractivity contribution in [1.82, 2.24) is 4.90 Å². The molecule has 36 heavy (non-hydrogen) atoms. The molecule has 0 unspecified atom stereocenters. The molecule has 188 valence electrons. The highest BCUT2D eigenvalue weighted by Gasteiger charge is 2.34. The van der Waals surface area contributed by atoms with Crippen LogP contribution in [0.15, 0.2) is 66.7 Å². The molecule has 9 heteroatoms. The highest BCUT2D eigenvalue weighted by atomic mass is 19.4. The number of hydrogen-bond donors (Lipinski definition) is 1. The molecule has 0 aliphatic carbocycles. The maximum absolute atomic E-state index is 13.3. The average molecular weight is 498 g/mol. The van der Waals surface area contributed by atoms with E-state index >= 15 is 0 Å². The number of amides is 3. The van der Waals surface area contributed by atoms with Crippen molar-refractivity contribution < 1.29 is 27.5 Å². The van der Waals surface area contributed by atoms with Crippen molar-refractivity contribution in [3.63, 3.8) is 0 Å². The molecule has 3 amide bonds. The third-order valence-electron chi connectivity index (χ3n) is 5.93. The fraction of sp³-hybridized carbons (Fsp3) is 0.259. The molecule has 1 heterocycles. The molecule has 0 radical (unpaired) electrons. The molecule has 0 fully saturated rings. The van der Waals surface area contributed by atoms with Gasteiger partial charge in [-0.05, 0) is 48.9 Å². The van der Waals surface area contributed by atoms with Crippen LogP contribution in [-0.2, 0) is 24.1 Å². The molecule has 1 aliphatic heterocycles. The molecule has 0 spiro atoms. The molecular formula is C27H26F3N3O3. The second-order valence-electron chi connectivity index (χ2n) is 8.63. The first-order valence-corrected chi connectivity index (χ1v) is 11.4. The molecule has 0 atom stereocenters. The van der Waals surface area contributed by atoms with E-state index in [2.05, 4.69) is 5.32 Å². The predicted octanol–water partition coefficient (Wildman–Crippen LogP) is 5.99. The zero-order valence-electron chi connectivity index (χ0n) is 19.9. The summed E-state index contributed by atoms with van der Waals surface area (Å²) in [7, 11) is 0. The Balaban J connectivity index is 1.53. The lowest BCUT2D eigenvalue weighted by molar-refractivity contribution is -0.136. The Kier molecular flexibility index (Phi) is 7.19. The first-order valence-electron chi connectivity index (χ1n) is 11.4. The van der Waals surface area contributed by atoms with Crippen molar-refractivity contribution >= 4 is 23.3 Å². The number of urea groups is 1. The van der Waals surface area contributed by atoms with E-state index in [1.54, 1.807) is 11.0 Å². The minimum Gasteiger partial charge on any atom is -0.491 e. The third kappa shape index (κ3) is 5.79. The van der Waals surface area contributed by atoms with Gasteiger partial charge in [-0.1, -0.05) is 35.9 Å². The number of nitrogens with one attached hydrogen (secondary N) is 1. The Morgan fingerprint density at radius 1 is 1.06 bits per heavy atom. The van der Waals surface area contributed by atoms with Crippen LogP contribution in [0.4, 0.5) is 29.3 Å². The van der Waals surface area contributed by atoms with E-state index in [-0.39, 0.29) is 31.3 Å². The lowest BCUT2D eigenvalue weighted by Gasteiger charge is -2.23. The van der Waals surface area contributed by atoms with Crippen molar-refractivity contribution in [2.75, 3.05) is 23.4 Å². The number of nitrogens with zero attached hydrogens (tertiary/aromatic N) is 2. The number of para-hydroxylation sites is 1. The predicted molar refractivity (Wildman–Crippen MR) is 131 cm³/mol. The van der Waals surface area contributed by atoms with Gasteiger partial charge in [0.1, 0.15) is 12.4 Å². The molecule has 3 aromatic rings. The number of carbonyl (C=O) groups excluding carboxylic acids is 2. The molecule has 4 rings (SSSR count). The van der Waals surface area contributed by atoms with Crippen molar-refractivity contribution in [3.8, 4) is 5.75 Å². The summed E-state index contributed by atoms with van der Waals surface area (Å²) in [5.41, 5.74) is 2.18. The number of aryl methyl sites for hydroxylation is 1. The zero-order chi connectivity index (χ0) is 25.9. The van der Waals surface area contributed by atoms with E-state index in [1.165, 1.54) is 30.0 Å². The third-order valence-corrected chi connectivity index (χ3v) is 5.93. The van der Waals surface area contributed by atoms with Gasteiger partial charge in [0, 0.05) is 18.2 Å². The summed E-state index contributed by atoms with van der Waals surface area (Å²) in [6.45, 7) is 4.33. The number of anilines is 2. The lowest BCUT2D eigenvalue weighted by Crippen LogP contribution is -2.36. The molecule has 6 nitrogen and oxygen atoms in total. The molecule has 0 bridgehead atoms. The molecule has 1 N–H and O–H groups in total. The van der Waals surface area contributed by atoms with Crippen LogP contribution in [0.5, 0.6) is 5.75 Å².